The number of nitrogens with one attached hydrogen (secondary N) is 1. The van der Waals surface area contributed by atoms with Gasteiger partial charge >= 0.3 is 0 Å². The van der Waals surface area contributed by atoms with Crippen molar-refractivity contribution < 1.29 is 13.6 Å². The van der Waals surface area contributed by atoms with Crippen molar-refractivity contribution in [3.8, 4) is 0 Å². The van der Waals surface area contributed by atoms with E-state index in [2.05, 4.69) is 21.2 Å². The third-order valence-corrected chi connectivity index (χ3v) is 5.32. The van der Waals surface area contributed by atoms with Gasteiger partial charge in [0.05, 0.1) is 0 Å². The summed E-state index contributed by atoms with van der Waals surface area (Å²) in [6, 6.07) is 7.45. The normalized spacial score (nSPS) is 17.0. The van der Waals surface area contributed by atoms with Crippen molar-refractivity contribution in [2.75, 3.05) is 5.73 Å². The van der Waals surface area contributed by atoms with E-state index in [-0.39, 0.29) is 18.2 Å². The van der Waals surface area contributed by atoms with Gasteiger partial charge in [0.25, 0.3) is 0 Å². The number of nitrogens with two attached hydrogens (primary N) is 2. The van der Waals surface area contributed by atoms with Crippen LogP contribution in [0.4, 0.5) is 14.5 Å². The highest BCUT2D eigenvalue weighted by Crippen LogP contribution is 2.36. The van der Waals surface area contributed by atoms with Crippen LogP contribution in [0.5, 0.6) is 0 Å². The first kappa shape index (κ1) is 18.8. The van der Waals surface area contributed by atoms with Crippen molar-refractivity contribution in [2.24, 2.45) is 5.73 Å². The van der Waals surface area contributed by atoms with E-state index < -0.39 is 17.7 Å². The minimum Gasteiger partial charge on any atom is -0.398 e. The molecule has 2 unspecified atom stereocenters. The maximum absolute atomic E-state index is 13.5. The summed E-state index contributed by atoms with van der Waals surface area (Å²) in [7, 11) is 0. The molecule has 0 aromatic heterocycles. The molecule has 0 fully saturated rings. The predicted molar refractivity (Wildman–Crippen MR) is 100 cm³/mol. The predicted octanol–water partition coefficient (Wildman–Crippen LogP) is 3.37. The van der Waals surface area contributed by atoms with Crippen LogP contribution in [0, 0.1) is 11.6 Å². The molecular formula is C19H20BrF2N3O. The average molecular weight is 424 g/mol. The molecule has 3 rings (SSSR count). The number of fused-ring (bicyclic) bond motifs is 1. The van der Waals surface area contributed by atoms with Crippen molar-refractivity contribution in [3.05, 3.63) is 63.1 Å². The Morgan fingerprint density at radius 1 is 1.27 bits per heavy atom. The second-order valence-corrected chi connectivity index (χ2v) is 7.51. The third kappa shape index (κ3) is 4.04. The van der Waals surface area contributed by atoms with E-state index >= 15 is 0 Å². The zero-order chi connectivity index (χ0) is 18.8. The lowest BCUT2D eigenvalue weighted by atomic mass is 9.91. The number of anilines is 1. The Labute approximate surface area is 159 Å². The van der Waals surface area contributed by atoms with Gasteiger partial charge in [-0.2, -0.15) is 0 Å². The highest BCUT2D eigenvalue weighted by atomic mass is 79.9. The van der Waals surface area contributed by atoms with Gasteiger partial charge in [0.1, 0.15) is 0 Å². The lowest BCUT2D eigenvalue weighted by molar-refractivity contribution is -0.121. The molecule has 26 heavy (non-hydrogen) atoms. The number of carbonyl (C=O) groups is 1. The zero-order valence-corrected chi connectivity index (χ0v) is 15.7. The molecule has 4 nitrogen and oxygen atoms in total. The van der Waals surface area contributed by atoms with Crippen LogP contribution < -0.4 is 16.8 Å². The van der Waals surface area contributed by atoms with E-state index in [9.17, 15) is 13.6 Å². The van der Waals surface area contributed by atoms with Crippen LogP contribution in [0.2, 0.25) is 0 Å². The lowest BCUT2D eigenvalue weighted by Crippen LogP contribution is -2.35. The number of amides is 1. The summed E-state index contributed by atoms with van der Waals surface area (Å²) in [6.07, 6.45) is 1.44. The number of hydrogen-bond donors (Lipinski definition) is 3. The second-order valence-electron chi connectivity index (χ2n) is 6.60. The van der Waals surface area contributed by atoms with Gasteiger partial charge in [0.2, 0.25) is 5.91 Å². The number of benzene rings is 2. The maximum atomic E-state index is 13.5. The van der Waals surface area contributed by atoms with Gasteiger partial charge in [0.15, 0.2) is 11.6 Å². The zero-order valence-electron chi connectivity index (χ0n) is 14.1. The summed E-state index contributed by atoms with van der Waals surface area (Å²) in [5, 5.41) is 2.81. The van der Waals surface area contributed by atoms with Gasteiger partial charge < -0.3 is 16.8 Å². The Morgan fingerprint density at radius 3 is 2.73 bits per heavy atom. The minimum atomic E-state index is -0.877. The molecule has 2 atom stereocenters. The second kappa shape index (κ2) is 7.72. The van der Waals surface area contributed by atoms with E-state index in [0.29, 0.717) is 30.6 Å². The van der Waals surface area contributed by atoms with Crippen molar-refractivity contribution in [2.45, 2.75) is 37.8 Å². The molecule has 0 heterocycles. The van der Waals surface area contributed by atoms with Crippen LogP contribution in [0.25, 0.3) is 0 Å². The number of nitrogen functional groups attached to an aromatic ring is 1. The van der Waals surface area contributed by atoms with Crippen LogP contribution in [0.3, 0.4) is 0 Å². The van der Waals surface area contributed by atoms with Gasteiger partial charge in [0, 0.05) is 35.1 Å². The average Bonchev–Trinajstić information content (AvgIpc) is 2.97. The molecule has 138 valence electrons. The highest BCUT2D eigenvalue weighted by molar-refractivity contribution is 9.10. The molecule has 1 amide bonds. The molecule has 7 heteroatoms. The summed E-state index contributed by atoms with van der Waals surface area (Å²) in [5.74, 6) is -2.07. The molecule has 0 saturated carbocycles. The minimum absolute atomic E-state index is 0.111. The lowest BCUT2D eigenvalue weighted by Gasteiger charge is -2.20. The van der Waals surface area contributed by atoms with Crippen molar-refractivity contribution >= 4 is 27.5 Å². The fourth-order valence-electron chi connectivity index (χ4n) is 3.43. The fraction of sp³-hybridized carbons (Fsp3) is 0.316. The molecule has 0 saturated heterocycles. The van der Waals surface area contributed by atoms with Gasteiger partial charge in [-0.3, -0.25) is 4.79 Å². The molecule has 1 aliphatic carbocycles. The first-order valence-corrected chi connectivity index (χ1v) is 9.18. The van der Waals surface area contributed by atoms with Crippen LogP contribution >= 0.6 is 15.9 Å². The number of halogens is 3. The quantitative estimate of drug-likeness (QED) is 0.644. The van der Waals surface area contributed by atoms with Crippen LogP contribution in [0.15, 0.2) is 34.8 Å². The molecule has 5 N–H and O–H groups in total. The smallest absolute Gasteiger partial charge is 0.221 e. The van der Waals surface area contributed by atoms with Crippen molar-refractivity contribution in [3.63, 3.8) is 0 Å². The summed E-state index contributed by atoms with van der Waals surface area (Å²) in [4.78, 5) is 12.2. The molecule has 2 aromatic rings. The first-order chi connectivity index (χ1) is 12.3. The monoisotopic (exact) mass is 423 g/mol. The Hall–Kier alpha value is -1.99. The SMILES string of the molecule is Nc1cc(Br)ccc1CNC(=O)CC(N)C1CCc2cc(F)c(F)cc21. The topological polar surface area (TPSA) is 81.1 Å². The summed E-state index contributed by atoms with van der Waals surface area (Å²) in [6.45, 7) is 0.311. The van der Waals surface area contributed by atoms with Gasteiger partial charge in [-0.1, -0.05) is 22.0 Å². The van der Waals surface area contributed by atoms with Gasteiger partial charge in [-0.25, -0.2) is 8.78 Å². The maximum Gasteiger partial charge on any atom is 0.221 e. The van der Waals surface area contributed by atoms with E-state index in [1.165, 1.54) is 12.1 Å². The molecule has 0 spiro atoms. The molecular weight excluding hydrogens is 404 g/mol. The van der Waals surface area contributed by atoms with Crippen LogP contribution in [0.1, 0.15) is 35.4 Å². The van der Waals surface area contributed by atoms with Crippen molar-refractivity contribution in [1.29, 1.82) is 0 Å². The molecule has 0 aliphatic heterocycles. The van der Waals surface area contributed by atoms with Gasteiger partial charge in [-0.15, -0.1) is 0 Å². The van der Waals surface area contributed by atoms with E-state index in [4.69, 9.17) is 11.5 Å². The van der Waals surface area contributed by atoms with E-state index in [1.807, 2.05) is 12.1 Å². The molecule has 0 radical (unpaired) electrons. The summed E-state index contributed by atoms with van der Waals surface area (Å²) in [5.41, 5.74) is 15.0. The third-order valence-electron chi connectivity index (χ3n) is 4.83. The molecule has 0 bridgehead atoms. The first-order valence-electron chi connectivity index (χ1n) is 8.39. The van der Waals surface area contributed by atoms with Crippen molar-refractivity contribution in [1.82, 2.24) is 5.32 Å². The Morgan fingerprint density at radius 2 is 2.00 bits per heavy atom. The van der Waals surface area contributed by atoms with Gasteiger partial charge in [-0.05, 0) is 53.8 Å². The van der Waals surface area contributed by atoms with E-state index in [0.717, 1.165) is 15.6 Å². The molecule has 1 aliphatic rings. The number of rotatable bonds is 5. The number of carbonyl (C=O) groups excluding carboxylic acids is 1. The summed E-state index contributed by atoms with van der Waals surface area (Å²) >= 11 is 3.34. The Bertz CT molecular complexity index is 844. The Kier molecular flexibility index (Phi) is 5.58. The largest absolute Gasteiger partial charge is 0.398 e. The number of aryl methyl sites for hydroxylation is 1. The fourth-order valence-corrected chi connectivity index (χ4v) is 3.80. The van der Waals surface area contributed by atoms with E-state index in [1.54, 1.807) is 6.07 Å². The standard InChI is InChI=1S/C19H20BrF2N3O/c20-12-3-1-11(17(23)6-12)9-25-19(26)8-18(24)13-4-2-10-5-15(21)16(22)7-14(10)13/h1,3,5-7,13,18H,2,4,8-9,23-24H2,(H,25,26). The highest BCUT2D eigenvalue weighted by Gasteiger charge is 2.30. The molecule has 2 aromatic carbocycles. The number of hydrogen-bond acceptors (Lipinski definition) is 3. The van der Waals surface area contributed by atoms with Crippen LogP contribution in [-0.2, 0) is 17.8 Å². The Balaban J connectivity index is 1.60. The van der Waals surface area contributed by atoms with Crippen LogP contribution in [-0.4, -0.2) is 11.9 Å². The summed E-state index contributed by atoms with van der Waals surface area (Å²) < 4.78 is 27.8.